The van der Waals surface area contributed by atoms with Crippen LogP contribution in [0.2, 0.25) is 0 Å². The van der Waals surface area contributed by atoms with Crippen molar-refractivity contribution in [2.45, 2.75) is 26.2 Å². The Hall–Kier alpha value is -1.79. The minimum Gasteiger partial charge on any atom is -0.492 e. The summed E-state index contributed by atoms with van der Waals surface area (Å²) in [6, 6.07) is 7.57. The first-order valence-corrected chi connectivity index (χ1v) is 6.19. The standard InChI is InChI=1S/C15H19NO2/c1-2-14(17)8-4-3-6-13-7-5-9-15(12-13)18-11-10-16/h5,7,9,12H,2,4,8,10-11,16H2,1H3. The van der Waals surface area contributed by atoms with Gasteiger partial charge in [0.2, 0.25) is 0 Å². The molecule has 0 fully saturated rings. The smallest absolute Gasteiger partial charge is 0.133 e. The fraction of sp³-hybridized carbons (Fsp3) is 0.400. The minimum atomic E-state index is 0.254. The third-order valence-electron chi connectivity index (χ3n) is 2.38. The summed E-state index contributed by atoms with van der Waals surface area (Å²) in [6.45, 7) is 2.87. The predicted octanol–water partition coefficient (Wildman–Crippen LogP) is 2.13. The van der Waals surface area contributed by atoms with Crippen molar-refractivity contribution in [2.75, 3.05) is 13.2 Å². The van der Waals surface area contributed by atoms with Crippen LogP contribution in [0.5, 0.6) is 5.75 Å². The Morgan fingerprint density at radius 2 is 2.28 bits per heavy atom. The summed E-state index contributed by atoms with van der Waals surface area (Å²) >= 11 is 0. The van der Waals surface area contributed by atoms with E-state index in [1.165, 1.54) is 0 Å². The second-order valence-electron chi connectivity index (χ2n) is 3.86. The van der Waals surface area contributed by atoms with Gasteiger partial charge >= 0.3 is 0 Å². The molecule has 0 aliphatic carbocycles. The molecule has 0 spiro atoms. The van der Waals surface area contributed by atoms with E-state index in [0.717, 1.165) is 11.3 Å². The maximum absolute atomic E-state index is 11.1. The summed E-state index contributed by atoms with van der Waals surface area (Å²) in [5, 5.41) is 0. The Morgan fingerprint density at radius 3 is 3.00 bits per heavy atom. The molecular weight excluding hydrogens is 226 g/mol. The molecule has 18 heavy (non-hydrogen) atoms. The summed E-state index contributed by atoms with van der Waals surface area (Å²) < 4.78 is 5.41. The van der Waals surface area contributed by atoms with Gasteiger partial charge in [0.25, 0.3) is 0 Å². The number of carbonyl (C=O) groups is 1. The maximum atomic E-state index is 11.1. The van der Waals surface area contributed by atoms with E-state index in [2.05, 4.69) is 11.8 Å². The van der Waals surface area contributed by atoms with Gasteiger partial charge in [0.1, 0.15) is 18.1 Å². The molecule has 1 rings (SSSR count). The summed E-state index contributed by atoms with van der Waals surface area (Å²) in [5.41, 5.74) is 6.27. The van der Waals surface area contributed by atoms with Crippen LogP contribution in [-0.4, -0.2) is 18.9 Å². The molecule has 1 aromatic rings. The lowest BCUT2D eigenvalue weighted by Gasteiger charge is -2.03. The second-order valence-corrected chi connectivity index (χ2v) is 3.86. The summed E-state index contributed by atoms with van der Waals surface area (Å²) in [7, 11) is 0. The molecule has 0 aromatic heterocycles. The number of Topliss-reactive ketones (excluding diaryl/α,β-unsaturated/α-hetero) is 1. The fourth-order valence-electron chi connectivity index (χ4n) is 1.38. The van der Waals surface area contributed by atoms with Gasteiger partial charge < -0.3 is 10.5 Å². The van der Waals surface area contributed by atoms with Crippen LogP contribution in [0.4, 0.5) is 0 Å². The van der Waals surface area contributed by atoms with Gasteiger partial charge in [-0.1, -0.05) is 24.8 Å². The summed E-state index contributed by atoms with van der Waals surface area (Å²) in [4.78, 5) is 11.1. The van der Waals surface area contributed by atoms with E-state index in [0.29, 0.717) is 32.4 Å². The molecule has 0 saturated heterocycles. The van der Waals surface area contributed by atoms with Crippen LogP contribution in [0.1, 0.15) is 31.7 Å². The molecule has 0 atom stereocenters. The molecule has 1 aromatic carbocycles. The highest BCUT2D eigenvalue weighted by Crippen LogP contribution is 2.12. The van der Waals surface area contributed by atoms with Crippen LogP contribution in [0.15, 0.2) is 24.3 Å². The topological polar surface area (TPSA) is 52.3 Å². The molecule has 0 radical (unpaired) electrons. The minimum absolute atomic E-state index is 0.254. The van der Waals surface area contributed by atoms with E-state index >= 15 is 0 Å². The number of carbonyl (C=O) groups excluding carboxylic acids is 1. The number of hydrogen-bond donors (Lipinski definition) is 1. The van der Waals surface area contributed by atoms with E-state index in [1.54, 1.807) is 0 Å². The predicted molar refractivity (Wildman–Crippen MR) is 72.4 cm³/mol. The lowest BCUT2D eigenvalue weighted by atomic mass is 10.1. The molecule has 0 aliphatic heterocycles. The maximum Gasteiger partial charge on any atom is 0.133 e. The summed E-state index contributed by atoms with van der Waals surface area (Å²) in [5.74, 6) is 7.06. The monoisotopic (exact) mass is 245 g/mol. The molecule has 2 N–H and O–H groups in total. The van der Waals surface area contributed by atoms with Crippen molar-refractivity contribution < 1.29 is 9.53 Å². The molecule has 0 unspecified atom stereocenters. The molecule has 0 amide bonds. The first kappa shape index (κ1) is 14.3. The molecule has 3 heteroatoms. The quantitative estimate of drug-likeness (QED) is 0.781. The molecule has 96 valence electrons. The van der Waals surface area contributed by atoms with Crippen LogP contribution in [0, 0.1) is 11.8 Å². The van der Waals surface area contributed by atoms with Crippen LogP contribution in [-0.2, 0) is 4.79 Å². The second kappa shape index (κ2) is 8.32. The number of nitrogens with two attached hydrogens (primary N) is 1. The van der Waals surface area contributed by atoms with Crippen LogP contribution >= 0.6 is 0 Å². The van der Waals surface area contributed by atoms with E-state index in [9.17, 15) is 4.79 Å². The first-order valence-electron chi connectivity index (χ1n) is 6.19. The number of ether oxygens (including phenoxy) is 1. The van der Waals surface area contributed by atoms with Crippen molar-refractivity contribution in [1.82, 2.24) is 0 Å². The van der Waals surface area contributed by atoms with E-state index in [-0.39, 0.29) is 5.78 Å². The number of hydrogen-bond acceptors (Lipinski definition) is 3. The van der Waals surface area contributed by atoms with Crippen molar-refractivity contribution in [3.63, 3.8) is 0 Å². The van der Waals surface area contributed by atoms with Crippen LogP contribution < -0.4 is 10.5 Å². The Labute approximate surface area is 108 Å². The lowest BCUT2D eigenvalue weighted by molar-refractivity contribution is -0.118. The zero-order valence-electron chi connectivity index (χ0n) is 10.7. The van der Waals surface area contributed by atoms with Gasteiger partial charge in [0, 0.05) is 31.4 Å². The van der Waals surface area contributed by atoms with Gasteiger partial charge in [-0.3, -0.25) is 4.79 Å². The molecule has 0 saturated carbocycles. The third kappa shape index (κ3) is 5.51. The van der Waals surface area contributed by atoms with Crippen molar-refractivity contribution in [3.8, 4) is 17.6 Å². The van der Waals surface area contributed by atoms with Gasteiger partial charge in [0.15, 0.2) is 0 Å². The van der Waals surface area contributed by atoms with Crippen molar-refractivity contribution in [1.29, 1.82) is 0 Å². The first-order chi connectivity index (χ1) is 8.76. The SMILES string of the molecule is CCC(=O)CCC#Cc1cccc(OCCN)c1. The molecular formula is C15H19NO2. The Bertz CT molecular complexity index is 443. The third-order valence-corrected chi connectivity index (χ3v) is 2.38. The highest BCUT2D eigenvalue weighted by molar-refractivity contribution is 5.78. The Kier molecular flexibility index (Phi) is 6.60. The number of ketones is 1. The normalized spacial score (nSPS) is 9.44. The molecule has 0 bridgehead atoms. The average molecular weight is 245 g/mol. The van der Waals surface area contributed by atoms with Gasteiger partial charge in [-0.15, -0.1) is 0 Å². The number of benzene rings is 1. The average Bonchev–Trinajstić information content (AvgIpc) is 2.41. The van der Waals surface area contributed by atoms with Crippen molar-refractivity contribution in [2.24, 2.45) is 5.73 Å². The highest BCUT2D eigenvalue weighted by Gasteiger charge is 1.95. The molecule has 0 aliphatic rings. The van der Waals surface area contributed by atoms with E-state index < -0.39 is 0 Å². The Balaban J connectivity index is 2.51. The largest absolute Gasteiger partial charge is 0.492 e. The van der Waals surface area contributed by atoms with Crippen molar-refractivity contribution >= 4 is 5.78 Å². The van der Waals surface area contributed by atoms with E-state index in [4.69, 9.17) is 10.5 Å². The van der Waals surface area contributed by atoms with Crippen LogP contribution in [0.25, 0.3) is 0 Å². The zero-order valence-corrected chi connectivity index (χ0v) is 10.7. The van der Waals surface area contributed by atoms with Gasteiger partial charge in [0.05, 0.1) is 0 Å². The zero-order chi connectivity index (χ0) is 13.2. The van der Waals surface area contributed by atoms with Crippen molar-refractivity contribution in [3.05, 3.63) is 29.8 Å². The highest BCUT2D eigenvalue weighted by atomic mass is 16.5. The van der Waals surface area contributed by atoms with Crippen LogP contribution in [0.3, 0.4) is 0 Å². The molecule has 3 nitrogen and oxygen atoms in total. The van der Waals surface area contributed by atoms with Gasteiger partial charge in [-0.05, 0) is 18.2 Å². The fourth-order valence-corrected chi connectivity index (χ4v) is 1.38. The van der Waals surface area contributed by atoms with E-state index in [1.807, 2.05) is 31.2 Å². The number of rotatable bonds is 6. The van der Waals surface area contributed by atoms with Gasteiger partial charge in [-0.25, -0.2) is 0 Å². The lowest BCUT2D eigenvalue weighted by Crippen LogP contribution is -2.10. The summed E-state index contributed by atoms with van der Waals surface area (Å²) in [6.07, 6.45) is 1.73. The van der Waals surface area contributed by atoms with Gasteiger partial charge in [-0.2, -0.15) is 0 Å². The molecule has 0 heterocycles. The Morgan fingerprint density at radius 1 is 1.44 bits per heavy atom.